The lowest BCUT2D eigenvalue weighted by Gasteiger charge is -2.25. The van der Waals surface area contributed by atoms with E-state index in [1.54, 1.807) is 14.0 Å². The number of nitrogens with zero attached hydrogens (tertiary/aromatic N) is 1. The topological polar surface area (TPSA) is 41.6 Å². The summed E-state index contributed by atoms with van der Waals surface area (Å²) in [5.41, 5.74) is 1.26. The molecular weight excluding hydrogens is 252 g/mol. The largest absolute Gasteiger partial charge is 0.497 e. The van der Waals surface area contributed by atoms with Gasteiger partial charge in [0, 0.05) is 33.1 Å². The normalized spacial score (nSPS) is 13.3. The average molecular weight is 280 g/mol. The number of methoxy groups -OCH3 is 1. The van der Waals surface area contributed by atoms with Crippen molar-refractivity contribution in [3.05, 3.63) is 29.8 Å². The van der Waals surface area contributed by atoms with E-state index in [4.69, 9.17) is 4.74 Å². The van der Waals surface area contributed by atoms with Crippen LogP contribution in [-0.4, -0.2) is 44.1 Å². The maximum Gasteiger partial charge on any atom is 0.219 e. The van der Waals surface area contributed by atoms with Crippen LogP contribution in [-0.2, 0) is 4.79 Å². The van der Waals surface area contributed by atoms with Crippen molar-refractivity contribution in [2.75, 3.05) is 33.3 Å². The summed E-state index contributed by atoms with van der Waals surface area (Å²) in [6.45, 7) is 11.3. The SMILES string of the molecule is CC.CC(=O)N1CCNCC1.COc1ccc(C)cc1. The fraction of sp³-hybridized carbons (Fsp3) is 0.562. The second-order valence-electron chi connectivity index (χ2n) is 4.27. The summed E-state index contributed by atoms with van der Waals surface area (Å²) in [6, 6.07) is 7.96. The molecule has 0 radical (unpaired) electrons. The van der Waals surface area contributed by atoms with Gasteiger partial charge in [0.05, 0.1) is 7.11 Å². The van der Waals surface area contributed by atoms with E-state index < -0.39 is 0 Å². The molecule has 0 bridgehead atoms. The van der Waals surface area contributed by atoms with E-state index in [0.717, 1.165) is 31.9 Å². The Balaban J connectivity index is 0.000000321. The van der Waals surface area contributed by atoms with Crippen LogP contribution < -0.4 is 10.1 Å². The zero-order chi connectivity index (χ0) is 15.4. The van der Waals surface area contributed by atoms with Crippen molar-refractivity contribution in [1.82, 2.24) is 10.2 Å². The Morgan fingerprint density at radius 2 is 1.65 bits per heavy atom. The molecule has 1 aliphatic rings. The van der Waals surface area contributed by atoms with Gasteiger partial charge in [0.15, 0.2) is 0 Å². The van der Waals surface area contributed by atoms with Crippen LogP contribution in [0.2, 0.25) is 0 Å². The number of nitrogens with one attached hydrogen (secondary N) is 1. The van der Waals surface area contributed by atoms with Crippen molar-refractivity contribution in [1.29, 1.82) is 0 Å². The van der Waals surface area contributed by atoms with Crippen molar-refractivity contribution in [3.8, 4) is 5.75 Å². The van der Waals surface area contributed by atoms with Crippen LogP contribution >= 0.6 is 0 Å². The van der Waals surface area contributed by atoms with E-state index in [9.17, 15) is 4.79 Å². The van der Waals surface area contributed by atoms with E-state index in [1.807, 2.05) is 43.0 Å². The Labute approximate surface area is 123 Å². The van der Waals surface area contributed by atoms with Crippen molar-refractivity contribution in [2.24, 2.45) is 0 Å². The number of rotatable bonds is 1. The molecule has 4 nitrogen and oxygen atoms in total. The Hall–Kier alpha value is -1.55. The maximum absolute atomic E-state index is 10.7. The monoisotopic (exact) mass is 280 g/mol. The minimum absolute atomic E-state index is 0.191. The summed E-state index contributed by atoms with van der Waals surface area (Å²) in [6.07, 6.45) is 0. The summed E-state index contributed by atoms with van der Waals surface area (Å²) in [4.78, 5) is 12.6. The number of benzene rings is 1. The Morgan fingerprint density at radius 1 is 1.15 bits per heavy atom. The zero-order valence-corrected chi connectivity index (χ0v) is 13.4. The highest BCUT2D eigenvalue weighted by atomic mass is 16.5. The second kappa shape index (κ2) is 11.3. The first kappa shape index (κ1) is 18.4. The average Bonchev–Trinajstić information content (AvgIpc) is 2.51. The van der Waals surface area contributed by atoms with Crippen molar-refractivity contribution in [2.45, 2.75) is 27.7 Å². The highest BCUT2D eigenvalue weighted by Gasteiger charge is 2.10. The van der Waals surface area contributed by atoms with Crippen LogP contribution in [0.3, 0.4) is 0 Å². The van der Waals surface area contributed by atoms with Gasteiger partial charge in [-0.05, 0) is 19.1 Å². The third-order valence-electron chi connectivity index (χ3n) is 2.82. The molecule has 0 unspecified atom stereocenters. The van der Waals surface area contributed by atoms with Gasteiger partial charge in [0.2, 0.25) is 5.91 Å². The number of aryl methyl sites for hydroxylation is 1. The van der Waals surface area contributed by atoms with Crippen molar-refractivity contribution >= 4 is 5.91 Å². The van der Waals surface area contributed by atoms with Crippen molar-refractivity contribution in [3.63, 3.8) is 0 Å². The van der Waals surface area contributed by atoms with Gasteiger partial charge in [0.25, 0.3) is 0 Å². The van der Waals surface area contributed by atoms with Gasteiger partial charge in [-0.3, -0.25) is 4.79 Å². The smallest absolute Gasteiger partial charge is 0.219 e. The second-order valence-corrected chi connectivity index (χ2v) is 4.27. The first-order valence-electron chi connectivity index (χ1n) is 7.20. The van der Waals surface area contributed by atoms with E-state index in [2.05, 4.69) is 12.2 Å². The van der Waals surface area contributed by atoms with E-state index >= 15 is 0 Å². The summed E-state index contributed by atoms with van der Waals surface area (Å²) in [7, 11) is 1.67. The van der Waals surface area contributed by atoms with E-state index in [1.165, 1.54) is 5.56 Å². The van der Waals surface area contributed by atoms with Gasteiger partial charge in [-0.1, -0.05) is 31.5 Å². The maximum atomic E-state index is 10.7. The molecule has 0 spiro atoms. The van der Waals surface area contributed by atoms with Crippen LogP contribution in [0.4, 0.5) is 0 Å². The molecule has 2 rings (SSSR count). The summed E-state index contributed by atoms with van der Waals surface area (Å²) in [5, 5.41) is 3.18. The molecule has 1 heterocycles. The molecule has 1 fully saturated rings. The van der Waals surface area contributed by atoms with Gasteiger partial charge in [0.1, 0.15) is 5.75 Å². The summed E-state index contributed by atoms with van der Waals surface area (Å²) in [5.74, 6) is 1.11. The van der Waals surface area contributed by atoms with E-state index in [0.29, 0.717) is 0 Å². The van der Waals surface area contributed by atoms with Crippen molar-refractivity contribution < 1.29 is 9.53 Å². The molecule has 20 heavy (non-hydrogen) atoms. The van der Waals surface area contributed by atoms with Gasteiger partial charge >= 0.3 is 0 Å². The molecule has 1 aliphatic heterocycles. The summed E-state index contributed by atoms with van der Waals surface area (Å²) >= 11 is 0. The van der Waals surface area contributed by atoms with Gasteiger partial charge in [-0.25, -0.2) is 0 Å². The molecule has 114 valence electrons. The van der Waals surface area contributed by atoms with Crippen LogP contribution in [0, 0.1) is 6.92 Å². The molecule has 1 aromatic carbocycles. The number of carbonyl (C=O) groups is 1. The number of ether oxygens (including phenoxy) is 1. The number of hydrogen-bond donors (Lipinski definition) is 1. The highest BCUT2D eigenvalue weighted by Crippen LogP contribution is 2.09. The molecule has 1 amide bonds. The van der Waals surface area contributed by atoms with Crippen LogP contribution in [0.1, 0.15) is 26.3 Å². The molecule has 0 atom stereocenters. The lowest BCUT2D eigenvalue weighted by atomic mass is 10.2. The lowest BCUT2D eigenvalue weighted by molar-refractivity contribution is -0.129. The predicted molar refractivity (Wildman–Crippen MR) is 84.2 cm³/mol. The summed E-state index contributed by atoms with van der Waals surface area (Å²) < 4.78 is 4.97. The standard InChI is InChI=1S/C8H10O.C6H12N2O.C2H6/c1-7-3-5-8(9-2)6-4-7;1-6(9)8-4-2-7-3-5-8;1-2/h3-6H,1-2H3;7H,2-5H2,1H3;1-2H3. The van der Waals surface area contributed by atoms with Gasteiger partial charge in [-0.2, -0.15) is 0 Å². The molecule has 1 aromatic rings. The molecule has 1 saturated heterocycles. The first-order valence-corrected chi connectivity index (χ1v) is 7.20. The molecule has 0 aromatic heterocycles. The lowest BCUT2D eigenvalue weighted by Crippen LogP contribution is -2.45. The zero-order valence-electron chi connectivity index (χ0n) is 13.4. The fourth-order valence-electron chi connectivity index (χ4n) is 1.65. The molecule has 0 aliphatic carbocycles. The first-order chi connectivity index (χ1) is 9.63. The van der Waals surface area contributed by atoms with Gasteiger partial charge < -0.3 is 15.0 Å². The minimum atomic E-state index is 0.191. The number of piperazine rings is 1. The van der Waals surface area contributed by atoms with Crippen LogP contribution in [0.5, 0.6) is 5.75 Å². The number of amides is 1. The molecule has 4 heteroatoms. The third-order valence-corrected chi connectivity index (χ3v) is 2.82. The molecule has 1 N–H and O–H groups in total. The molecule has 0 saturated carbocycles. The molecular formula is C16H28N2O2. The Morgan fingerprint density at radius 3 is 2.00 bits per heavy atom. The third kappa shape index (κ3) is 7.79. The minimum Gasteiger partial charge on any atom is -0.497 e. The Bertz CT molecular complexity index is 357. The van der Waals surface area contributed by atoms with Crippen LogP contribution in [0.25, 0.3) is 0 Å². The number of carbonyl (C=O) groups excluding carboxylic acids is 1. The fourth-order valence-corrected chi connectivity index (χ4v) is 1.65. The highest BCUT2D eigenvalue weighted by molar-refractivity contribution is 5.73. The predicted octanol–water partition coefficient (Wildman–Crippen LogP) is 2.47. The quantitative estimate of drug-likeness (QED) is 0.859. The number of hydrogen-bond acceptors (Lipinski definition) is 3. The van der Waals surface area contributed by atoms with E-state index in [-0.39, 0.29) is 5.91 Å². The Kier molecular flexibility index (Phi) is 10.4. The van der Waals surface area contributed by atoms with Crippen LogP contribution in [0.15, 0.2) is 24.3 Å². The van der Waals surface area contributed by atoms with Gasteiger partial charge in [-0.15, -0.1) is 0 Å².